The van der Waals surface area contributed by atoms with Gasteiger partial charge in [-0.15, -0.1) is 0 Å². The quantitative estimate of drug-likeness (QED) is 0.504. The van der Waals surface area contributed by atoms with Crippen molar-refractivity contribution in [1.82, 2.24) is 10.9 Å². The summed E-state index contributed by atoms with van der Waals surface area (Å²) in [6.07, 6.45) is 0.685. The van der Waals surface area contributed by atoms with Crippen LogP contribution in [0.4, 0.5) is 0 Å². The van der Waals surface area contributed by atoms with E-state index in [2.05, 4.69) is 10.9 Å². The molecule has 0 bridgehead atoms. The maximum atomic E-state index is 11.0. The van der Waals surface area contributed by atoms with Crippen molar-refractivity contribution in [3.63, 3.8) is 0 Å². The van der Waals surface area contributed by atoms with Gasteiger partial charge in [-0.05, 0) is 5.56 Å². The molecule has 2 amide bonds. The maximum absolute atomic E-state index is 11.0. The number of carbonyl (C=O) groups excluding carboxylic acids is 2. The second-order valence-corrected chi connectivity index (χ2v) is 2.47. The first-order chi connectivity index (χ1) is 6.33. The van der Waals surface area contributed by atoms with Gasteiger partial charge < -0.3 is 0 Å². The lowest BCUT2D eigenvalue weighted by Gasteiger charge is -2.01. The van der Waals surface area contributed by atoms with Crippen molar-refractivity contribution in [2.45, 2.75) is 6.42 Å². The summed E-state index contributed by atoms with van der Waals surface area (Å²) >= 11 is 0. The third-order valence-electron chi connectivity index (χ3n) is 1.48. The van der Waals surface area contributed by atoms with Gasteiger partial charge in [0.05, 0.1) is 6.42 Å². The third-order valence-corrected chi connectivity index (χ3v) is 1.48. The number of nitrogens with one attached hydrogen (secondary N) is 2. The van der Waals surface area contributed by atoms with Crippen LogP contribution in [-0.2, 0) is 16.0 Å². The Morgan fingerprint density at radius 3 is 2.62 bits per heavy atom. The monoisotopic (exact) mass is 178 g/mol. The Morgan fingerprint density at radius 2 is 2.00 bits per heavy atom. The fourth-order valence-corrected chi connectivity index (χ4v) is 0.935. The number of benzene rings is 1. The molecule has 0 aliphatic rings. The van der Waals surface area contributed by atoms with Crippen LogP contribution in [0.3, 0.4) is 0 Å². The van der Waals surface area contributed by atoms with Gasteiger partial charge in [0, 0.05) is 0 Å². The van der Waals surface area contributed by atoms with Crippen molar-refractivity contribution in [3.8, 4) is 0 Å². The molecule has 2 N–H and O–H groups in total. The van der Waals surface area contributed by atoms with E-state index in [1.54, 1.807) is 0 Å². The van der Waals surface area contributed by atoms with E-state index in [9.17, 15) is 9.59 Å². The maximum Gasteiger partial charge on any atom is 0.242 e. The molecule has 4 nitrogen and oxygen atoms in total. The summed E-state index contributed by atoms with van der Waals surface area (Å²) in [6, 6.07) is 9.29. The first-order valence-corrected chi connectivity index (χ1v) is 3.85. The van der Waals surface area contributed by atoms with Crippen molar-refractivity contribution in [3.05, 3.63) is 35.9 Å². The van der Waals surface area contributed by atoms with Crippen molar-refractivity contribution < 1.29 is 9.59 Å². The molecule has 0 saturated heterocycles. The van der Waals surface area contributed by atoms with Crippen LogP contribution in [0.25, 0.3) is 0 Å². The fraction of sp³-hybridized carbons (Fsp3) is 0.111. The van der Waals surface area contributed by atoms with Crippen molar-refractivity contribution in [2.75, 3.05) is 0 Å². The van der Waals surface area contributed by atoms with Crippen molar-refractivity contribution in [1.29, 1.82) is 0 Å². The molecule has 13 heavy (non-hydrogen) atoms. The van der Waals surface area contributed by atoms with E-state index >= 15 is 0 Å². The van der Waals surface area contributed by atoms with E-state index in [-0.39, 0.29) is 12.3 Å². The summed E-state index contributed by atoms with van der Waals surface area (Å²) < 4.78 is 0. The molecule has 0 radical (unpaired) electrons. The molecule has 0 unspecified atom stereocenters. The molecule has 1 aromatic rings. The lowest BCUT2D eigenvalue weighted by molar-refractivity contribution is -0.124. The van der Waals surface area contributed by atoms with Crippen LogP contribution in [0.15, 0.2) is 30.3 Å². The van der Waals surface area contributed by atoms with Gasteiger partial charge in [-0.2, -0.15) is 0 Å². The molecule has 0 heterocycles. The van der Waals surface area contributed by atoms with Crippen LogP contribution in [0, 0.1) is 0 Å². The molecule has 0 atom stereocenters. The molecule has 68 valence electrons. The van der Waals surface area contributed by atoms with Gasteiger partial charge in [0.1, 0.15) is 0 Å². The molecular formula is C9H10N2O2. The minimum absolute atomic E-state index is 0.238. The lowest BCUT2D eigenvalue weighted by atomic mass is 10.1. The minimum Gasteiger partial charge on any atom is -0.277 e. The minimum atomic E-state index is -0.238. The standard InChI is InChI=1S/C9H10N2O2/c12-7-10-11-9(13)6-8-4-2-1-3-5-8/h1-5,7H,6H2,(H,10,12)(H,11,13). The Balaban J connectivity index is 2.41. The van der Waals surface area contributed by atoms with Crippen LogP contribution in [0.1, 0.15) is 5.56 Å². The number of hydrazine groups is 1. The highest BCUT2D eigenvalue weighted by Crippen LogP contribution is 1.98. The zero-order valence-corrected chi connectivity index (χ0v) is 6.99. The molecule has 0 saturated carbocycles. The van der Waals surface area contributed by atoms with Gasteiger partial charge in [-0.25, -0.2) is 0 Å². The Morgan fingerprint density at radius 1 is 1.31 bits per heavy atom. The Labute approximate surface area is 75.9 Å². The molecule has 0 aliphatic carbocycles. The van der Waals surface area contributed by atoms with Gasteiger partial charge in [0.25, 0.3) is 0 Å². The number of carbonyl (C=O) groups is 2. The number of rotatable bonds is 4. The van der Waals surface area contributed by atoms with Gasteiger partial charge in [0.2, 0.25) is 12.3 Å². The summed E-state index contributed by atoms with van der Waals surface area (Å²) in [5.74, 6) is -0.238. The smallest absolute Gasteiger partial charge is 0.242 e. The highest BCUT2D eigenvalue weighted by molar-refractivity contribution is 5.79. The average molecular weight is 178 g/mol. The first kappa shape index (κ1) is 9.25. The van der Waals surface area contributed by atoms with Crippen LogP contribution < -0.4 is 10.9 Å². The van der Waals surface area contributed by atoms with Crippen LogP contribution in [0.2, 0.25) is 0 Å². The van der Waals surface area contributed by atoms with E-state index in [0.717, 1.165) is 5.56 Å². The summed E-state index contributed by atoms with van der Waals surface area (Å²) in [4.78, 5) is 20.9. The van der Waals surface area contributed by atoms with E-state index in [0.29, 0.717) is 6.41 Å². The number of hydrogen-bond donors (Lipinski definition) is 2. The molecule has 0 aliphatic heterocycles. The zero-order chi connectivity index (χ0) is 9.52. The van der Waals surface area contributed by atoms with E-state index in [1.165, 1.54) is 0 Å². The Kier molecular flexibility index (Phi) is 3.50. The van der Waals surface area contributed by atoms with Crippen LogP contribution >= 0.6 is 0 Å². The van der Waals surface area contributed by atoms with E-state index in [4.69, 9.17) is 0 Å². The van der Waals surface area contributed by atoms with Gasteiger partial charge in [0.15, 0.2) is 0 Å². The molecule has 0 fully saturated rings. The molecule has 1 rings (SSSR count). The second kappa shape index (κ2) is 4.92. The molecular weight excluding hydrogens is 168 g/mol. The molecule has 0 aromatic heterocycles. The summed E-state index contributed by atoms with van der Waals surface area (Å²) in [5.41, 5.74) is 5.22. The fourth-order valence-electron chi connectivity index (χ4n) is 0.935. The summed E-state index contributed by atoms with van der Waals surface area (Å²) in [7, 11) is 0. The summed E-state index contributed by atoms with van der Waals surface area (Å²) in [6.45, 7) is 0. The van der Waals surface area contributed by atoms with Gasteiger partial charge >= 0.3 is 0 Å². The highest BCUT2D eigenvalue weighted by atomic mass is 16.2. The SMILES string of the molecule is O=CNNC(=O)Cc1ccccc1. The van der Waals surface area contributed by atoms with E-state index in [1.807, 2.05) is 30.3 Å². The molecule has 0 spiro atoms. The second-order valence-electron chi connectivity index (χ2n) is 2.47. The average Bonchev–Trinajstić information content (AvgIpc) is 2.16. The van der Waals surface area contributed by atoms with Gasteiger partial charge in [-0.3, -0.25) is 20.4 Å². The zero-order valence-electron chi connectivity index (χ0n) is 6.99. The first-order valence-electron chi connectivity index (χ1n) is 3.85. The predicted octanol–water partition coefficient (Wildman–Crippen LogP) is 0.00630. The van der Waals surface area contributed by atoms with E-state index < -0.39 is 0 Å². The topological polar surface area (TPSA) is 58.2 Å². The third kappa shape index (κ3) is 3.37. The summed E-state index contributed by atoms with van der Waals surface area (Å²) in [5, 5.41) is 0. The number of amides is 2. The number of hydrogen-bond acceptors (Lipinski definition) is 2. The Hall–Kier alpha value is -1.84. The largest absolute Gasteiger partial charge is 0.277 e. The predicted molar refractivity (Wildman–Crippen MR) is 47.5 cm³/mol. The van der Waals surface area contributed by atoms with Crippen LogP contribution in [-0.4, -0.2) is 12.3 Å². The Bertz CT molecular complexity index is 285. The van der Waals surface area contributed by atoms with Gasteiger partial charge in [-0.1, -0.05) is 30.3 Å². The normalized spacial score (nSPS) is 8.92. The van der Waals surface area contributed by atoms with Crippen LogP contribution in [0.5, 0.6) is 0 Å². The highest BCUT2D eigenvalue weighted by Gasteiger charge is 2.00. The van der Waals surface area contributed by atoms with Crippen molar-refractivity contribution in [2.24, 2.45) is 0 Å². The van der Waals surface area contributed by atoms with Crippen molar-refractivity contribution >= 4 is 12.3 Å². The molecule has 1 aromatic carbocycles. The molecule has 4 heteroatoms. The lowest BCUT2D eigenvalue weighted by Crippen LogP contribution is -2.37.